The average molecular weight is 314 g/mol. The van der Waals surface area contributed by atoms with E-state index in [1.165, 1.54) is 25.0 Å². The third kappa shape index (κ3) is 4.59. The molecule has 21 heavy (non-hydrogen) atoms. The lowest BCUT2D eigenvalue weighted by Crippen LogP contribution is -2.33. The Hall–Kier alpha value is -1.30. The Balaban J connectivity index is 2.12. The van der Waals surface area contributed by atoms with Gasteiger partial charge in [-0.2, -0.15) is 0 Å². The van der Waals surface area contributed by atoms with Gasteiger partial charge in [0.2, 0.25) is 10.0 Å². The molecule has 4 nitrogen and oxygen atoms in total. The van der Waals surface area contributed by atoms with E-state index < -0.39 is 15.8 Å². The van der Waals surface area contributed by atoms with Crippen molar-refractivity contribution in [2.45, 2.75) is 39.2 Å². The smallest absolute Gasteiger partial charge is 0.229 e. The van der Waals surface area contributed by atoms with Crippen LogP contribution in [-0.4, -0.2) is 20.7 Å². The maximum Gasteiger partial charge on any atom is 0.229 e. The van der Waals surface area contributed by atoms with Crippen molar-refractivity contribution in [2.75, 3.05) is 16.3 Å². The van der Waals surface area contributed by atoms with Crippen LogP contribution in [0.3, 0.4) is 0 Å². The summed E-state index contributed by atoms with van der Waals surface area (Å²) in [5, 5.41) is 3.40. The largest absolute Gasteiger partial charge is 0.382 e. The van der Waals surface area contributed by atoms with Crippen LogP contribution >= 0.6 is 0 Å². The van der Waals surface area contributed by atoms with Crippen LogP contribution in [0.5, 0.6) is 0 Å². The molecule has 0 aromatic heterocycles. The molecule has 1 fully saturated rings. The zero-order chi connectivity index (χ0) is 15.6. The molecule has 0 saturated heterocycles. The highest BCUT2D eigenvalue weighted by Gasteiger charge is 2.25. The highest BCUT2D eigenvalue weighted by molar-refractivity contribution is 7.92. The summed E-state index contributed by atoms with van der Waals surface area (Å²) < 4.78 is 38.3. The number of hydrogen-bond donors (Lipinski definition) is 2. The maximum absolute atomic E-state index is 13.7. The summed E-state index contributed by atoms with van der Waals surface area (Å²) in [7, 11) is -3.49. The van der Waals surface area contributed by atoms with Gasteiger partial charge in [-0.3, -0.25) is 4.72 Å². The first-order valence-corrected chi connectivity index (χ1v) is 9.17. The molecule has 0 bridgehead atoms. The molecule has 0 aliphatic heterocycles. The lowest BCUT2D eigenvalue weighted by atomic mass is 9.80. The predicted octanol–water partition coefficient (Wildman–Crippen LogP) is 3.43. The van der Waals surface area contributed by atoms with Gasteiger partial charge in [0.05, 0.1) is 11.9 Å². The molecule has 1 aromatic carbocycles. The van der Waals surface area contributed by atoms with Gasteiger partial charge in [0.25, 0.3) is 0 Å². The fourth-order valence-electron chi connectivity index (χ4n) is 2.99. The molecule has 0 amide bonds. The highest BCUT2D eigenvalue weighted by atomic mass is 32.2. The first-order chi connectivity index (χ1) is 9.74. The summed E-state index contributed by atoms with van der Waals surface area (Å²) in [6.45, 7) is 4.48. The van der Waals surface area contributed by atoms with Crippen LogP contribution in [0.15, 0.2) is 18.2 Å². The molecular weight excluding hydrogens is 291 g/mol. The lowest BCUT2D eigenvalue weighted by molar-refractivity contribution is 0.276. The summed E-state index contributed by atoms with van der Waals surface area (Å²) in [6.07, 6.45) is 4.44. The quantitative estimate of drug-likeness (QED) is 0.895. The van der Waals surface area contributed by atoms with Crippen LogP contribution in [0.4, 0.5) is 15.8 Å². The lowest BCUT2D eigenvalue weighted by Gasteiger charge is -2.34. The monoisotopic (exact) mass is 314 g/mol. The van der Waals surface area contributed by atoms with Gasteiger partial charge < -0.3 is 5.32 Å². The number of halogens is 1. The number of hydrogen-bond acceptors (Lipinski definition) is 3. The van der Waals surface area contributed by atoms with Gasteiger partial charge >= 0.3 is 0 Å². The second-order valence-corrected chi connectivity index (χ2v) is 7.96. The average Bonchev–Trinajstić information content (AvgIpc) is 2.35. The first kappa shape index (κ1) is 16.1. The standard InChI is InChI=1S/C15H23FN2O2S/c1-10-4-7-14(11(2)8-10)17-12-5-6-13(16)15(9-12)18-21(3,19)20/h5-6,9-11,14,17-18H,4,7-8H2,1-3H3. The van der Waals surface area contributed by atoms with Crippen LogP contribution in [0, 0.1) is 17.7 Å². The molecule has 1 aromatic rings. The van der Waals surface area contributed by atoms with Gasteiger partial charge in [0.1, 0.15) is 5.82 Å². The molecule has 1 aliphatic rings. The molecule has 0 radical (unpaired) electrons. The zero-order valence-electron chi connectivity index (χ0n) is 12.7. The molecule has 1 aliphatic carbocycles. The van der Waals surface area contributed by atoms with E-state index in [9.17, 15) is 12.8 Å². The van der Waals surface area contributed by atoms with Crippen LogP contribution < -0.4 is 10.0 Å². The van der Waals surface area contributed by atoms with Crippen LogP contribution in [0.1, 0.15) is 33.1 Å². The fourth-order valence-corrected chi connectivity index (χ4v) is 3.54. The predicted molar refractivity (Wildman–Crippen MR) is 84.5 cm³/mol. The molecule has 6 heteroatoms. The van der Waals surface area contributed by atoms with E-state index in [1.54, 1.807) is 6.07 Å². The van der Waals surface area contributed by atoms with Crippen molar-refractivity contribution >= 4 is 21.4 Å². The molecule has 3 unspecified atom stereocenters. The van der Waals surface area contributed by atoms with Crippen molar-refractivity contribution in [3.8, 4) is 0 Å². The number of sulfonamides is 1. The van der Waals surface area contributed by atoms with E-state index in [0.717, 1.165) is 24.3 Å². The Kier molecular flexibility index (Phi) is 4.76. The maximum atomic E-state index is 13.7. The van der Waals surface area contributed by atoms with Crippen molar-refractivity contribution in [1.82, 2.24) is 0 Å². The minimum Gasteiger partial charge on any atom is -0.382 e. The van der Waals surface area contributed by atoms with Gasteiger partial charge in [-0.1, -0.05) is 13.8 Å². The molecule has 0 heterocycles. The second kappa shape index (κ2) is 6.22. The van der Waals surface area contributed by atoms with E-state index in [-0.39, 0.29) is 5.69 Å². The van der Waals surface area contributed by atoms with E-state index in [4.69, 9.17) is 0 Å². The summed E-state index contributed by atoms with van der Waals surface area (Å²) in [5.74, 6) is 0.718. The van der Waals surface area contributed by atoms with Crippen molar-refractivity contribution < 1.29 is 12.8 Å². The van der Waals surface area contributed by atoms with Crippen LogP contribution in [-0.2, 0) is 10.0 Å². The highest BCUT2D eigenvalue weighted by Crippen LogP contribution is 2.31. The van der Waals surface area contributed by atoms with Crippen LogP contribution in [0.2, 0.25) is 0 Å². The zero-order valence-corrected chi connectivity index (χ0v) is 13.5. The SMILES string of the molecule is CC1CCC(Nc2ccc(F)c(NS(C)(=O)=O)c2)C(C)C1. The van der Waals surface area contributed by atoms with Gasteiger partial charge in [-0.05, 0) is 49.3 Å². The number of nitrogens with one attached hydrogen (secondary N) is 2. The van der Waals surface area contributed by atoms with Crippen LogP contribution in [0.25, 0.3) is 0 Å². The Bertz CT molecular complexity index is 604. The molecule has 1 saturated carbocycles. The normalized spacial score (nSPS) is 26.4. The Labute approximate surface area is 126 Å². The molecular formula is C15H23FN2O2S. The van der Waals surface area contributed by atoms with Crippen molar-refractivity contribution in [1.29, 1.82) is 0 Å². The number of benzene rings is 1. The second-order valence-electron chi connectivity index (χ2n) is 6.22. The van der Waals surface area contributed by atoms with Gasteiger partial charge in [0, 0.05) is 11.7 Å². The van der Waals surface area contributed by atoms with E-state index >= 15 is 0 Å². The fraction of sp³-hybridized carbons (Fsp3) is 0.600. The Morgan fingerprint density at radius 3 is 2.57 bits per heavy atom. The van der Waals surface area contributed by atoms with Gasteiger partial charge in [0.15, 0.2) is 0 Å². The Morgan fingerprint density at radius 2 is 1.95 bits per heavy atom. The minimum absolute atomic E-state index is 0.0145. The number of rotatable bonds is 4. The van der Waals surface area contributed by atoms with Gasteiger partial charge in [-0.15, -0.1) is 0 Å². The third-order valence-corrected chi connectivity index (χ3v) is 4.64. The first-order valence-electron chi connectivity index (χ1n) is 7.28. The summed E-state index contributed by atoms with van der Waals surface area (Å²) in [5.41, 5.74) is 0.730. The number of anilines is 2. The summed E-state index contributed by atoms with van der Waals surface area (Å²) in [4.78, 5) is 0. The summed E-state index contributed by atoms with van der Waals surface area (Å²) >= 11 is 0. The summed E-state index contributed by atoms with van der Waals surface area (Å²) in [6, 6.07) is 4.79. The molecule has 2 rings (SSSR count). The van der Waals surface area contributed by atoms with Crippen molar-refractivity contribution in [2.24, 2.45) is 11.8 Å². The van der Waals surface area contributed by atoms with Crippen molar-refractivity contribution in [3.63, 3.8) is 0 Å². The Morgan fingerprint density at radius 1 is 1.24 bits per heavy atom. The third-order valence-electron chi connectivity index (χ3n) is 4.05. The topological polar surface area (TPSA) is 58.2 Å². The molecule has 3 atom stereocenters. The van der Waals surface area contributed by atoms with E-state index in [2.05, 4.69) is 23.9 Å². The van der Waals surface area contributed by atoms with Crippen molar-refractivity contribution in [3.05, 3.63) is 24.0 Å². The van der Waals surface area contributed by atoms with E-state index in [1.807, 2.05) is 0 Å². The van der Waals surface area contributed by atoms with Gasteiger partial charge in [-0.25, -0.2) is 12.8 Å². The van der Waals surface area contributed by atoms with E-state index in [0.29, 0.717) is 12.0 Å². The molecule has 2 N–H and O–H groups in total. The molecule has 0 spiro atoms. The molecule has 118 valence electrons. The minimum atomic E-state index is -3.49.